The molecule has 23 heavy (non-hydrogen) atoms. The summed E-state index contributed by atoms with van der Waals surface area (Å²) in [5, 5.41) is 0. The lowest BCUT2D eigenvalue weighted by Gasteiger charge is -2.07. The van der Waals surface area contributed by atoms with Crippen LogP contribution in [0.1, 0.15) is 31.8 Å². The maximum atomic E-state index is 12.4. The molecule has 0 bridgehead atoms. The summed E-state index contributed by atoms with van der Waals surface area (Å²) in [6, 6.07) is 4.05. The van der Waals surface area contributed by atoms with Crippen molar-refractivity contribution in [3.63, 3.8) is 0 Å². The van der Waals surface area contributed by atoms with E-state index in [0.717, 1.165) is 21.5 Å². The number of aromatic nitrogens is 1. The standard InChI is InChI=1S/C17H17NO4S/c1-8-6-9(2)14-12(16(19)21-3)13(17(20)22-4)15-11(23-5)7-10(8)18(14)15/h6-7H,1-5H3. The Hall–Kier alpha value is -2.21. The molecule has 120 valence electrons. The lowest BCUT2D eigenvalue weighted by Crippen LogP contribution is -2.10. The van der Waals surface area contributed by atoms with Gasteiger partial charge in [-0.3, -0.25) is 0 Å². The van der Waals surface area contributed by atoms with Crippen LogP contribution < -0.4 is 0 Å². The molecule has 0 atom stereocenters. The first-order chi connectivity index (χ1) is 11.0. The molecule has 3 aromatic rings. The Labute approximate surface area is 137 Å². The highest BCUT2D eigenvalue weighted by molar-refractivity contribution is 7.98. The zero-order chi connectivity index (χ0) is 16.9. The Morgan fingerprint density at radius 2 is 1.52 bits per heavy atom. The fourth-order valence-electron chi connectivity index (χ4n) is 3.19. The maximum Gasteiger partial charge on any atom is 0.341 e. The van der Waals surface area contributed by atoms with Crippen molar-refractivity contribution >= 4 is 40.3 Å². The number of hydrogen-bond acceptors (Lipinski definition) is 5. The monoisotopic (exact) mass is 331 g/mol. The molecule has 0 N–H and O–H groups in total. The molecule has 0 amide bonds. The first kappa shape index (κ1) is 15.7. The molecule has 0 aliphatic carbocycles. The summed E-state index contributed by atoms with van der Waals surface area (Å²) in [6.45, 7) is 3.94. The number of ether oxygens (including phenoxy) is 2. The third kappa shape index (κ3) is 2.01. The van der Waals surface area contributed by atoms with Crippen LogP contribution in [0.5, 0.6) is 0 Å². The van der Waals surface area contributed by atoms with Crippen molar-refractivity contribution in [2.75, 3.05) is 20.5 Å². The predicted octanol–water partition coefficient (Wildman–Crippen LogP) is 3.44. The van der Waals surface area contributed by atoms with Crippen molar-refractivity contribution in [1.29, 1.82) is 0 Å². The minimum atomic E-state index is -0.533. The molecule has 3 rings (SSSR count). The number of hydrogen-bond donors (Lipinski definition) is 0. The van der Waals surface area contributed by atoms with Crippen molar-refractivity contribution in [3.05, 3.63) is 34.4 Å². The second kappa shape index (κ2) is 5.45. The van der Waals surface area contributed by atoms with Gasteiger partial charge >= 0.3 is 11.9 Å². The fourth-order valence-corrected chi connectivity index (χ4v) is 3.81. The Bertz CT molecular complexity index is 941. The number of carbonyl (C=O) groups excluding carboxylic acids is 2. The molecule has 0 spiro atoms. The Morgan fingerprint density at radius 3 is 2.04 bits per heavy atom. The summed E-state index contributed by atoms with van der Waals surface area (Å²) in [5.41, 5.74) is 4.93. The third-order valence-corrected chi connectivity index (χ3v) is 4.87. The lowest BCUT2D eigenvalue weighted by molar-refractivity contribution is 0.0559. The van der Waals surface area contributed by atoms with E-state index in [1.165, 1.54) is 26.0 Å². The van der Waals surface area contributed by atoms with Crippen LogP contribution >= 0.6 is 11.8 Å². The molecule has 3 aromatic heterocycles. The Kier molecular flexibility index (Phi) is 3.72. The van der Waals surface area contributed by atoms with Crippen LogP contribution in [0.15, 0.2) is 17.0 Å². The van der Waals surface area contributed by atoms with Crippen LogP contribution in [-0.4, -0.2) is 36.8 Å². The van der Waals surface area contributed by atoms with Gasteiger partial charge in [0.25, 0.3) is 0 Å². The molecule has 0 unspecified atom stereocenters. The van der Waals surface area contributed by atoms with E-state index < -0.39 is 11.9 Å². The SMILES string of the molecule is COC(=O)c1c(C(=O)OC)c2c(SC)cc3c(C)cc(C)c1n32. The molecule has 6 heteroatoms. The highest BCUT2D eigenvalue weighted by atomic mass is 32.2. The van der Waals surface area contributed by atoms with Crippen LogP contribution in [0, 0.1) is 13.8 Å². The van der Waals surface area contributed by atoms with Crippen molar-refractivity contribution in [2.24, 2.45) is 0 Å². The van der Waals surface area contributed by atoms with Gasteiger partial charge in [-0.15, -0.1) is 11.8 Å². The van der Waals surface area contributed by atoms with E-state index in [-0.39, 0.29) is 11.1 Å². The average Bonchev–Trinajstić information content (AvgIpc) is 3.08. The second-order valence-electron chi connectivity index (χ2n) is 5.37. The number of esters is 2. The fraction of sp³-hybridized carbons (Fsp3) is 0.294. The number of pyridine rings is 1. The van der Waals surface area contributed by atoms with Crippen LogP contribution in [0.2, 0.25) is 0 Å². The molecule has 0 saturated carbocycles. The van der Waals surface area contributed by atoms with Crippen molar-refractivity contribution < 1.29 is 19.1 Å². The van der Waals surface area contributed by atoms with Gasteiger partial charge < -0.3 is 13.9 Å². The van der Waals surface area contributed by atoms with Gasteiger partial charge in [0.1, 0.15) is 11.1 Å². The number of rotatable bonds is 3. The van der Waals surface area contributed by atoms with E-state index in [4.69, 9.17) is 9.47 Å². The van der Waals surface area contributed by atoms with Crippen LogP contribution in [0.3, 0.4) is 0 Å². The summed E-state index contributed by atoms with van der Waals surface area (Å²) in [7, 11) is 2.63. The largest absolute Gasteiger partial charge is 0.465 e. The maximum absolute atomic E-state index is 12.4. The second-order valence-corrected chi connectivity index (χ2v) is 6.22. The zero-order valence-electron chi connectivity index (χ0n) is 13.6. The van der Waals surface area contributed by atoms with E-state index >= 15 is 0 Å². The number of nitrogens with zero attached hydrogens (tertiary/aromatic N) is 1. The normalized spacial score (nSPS) is 11.3. The van der Waals surface area contributed by atoms with Crippen LogP contribution in [-0.2, 0) is 9.47 Å². The highest BCUT2D eigenvalue weighted by Gasteiger charge is 2.31. The summed E-state index contributed by atoms with van der Waals surface area (Å²) in [4.78, 5) is 25.7. The summed E-state index contributed by atoms with van der Waals surface area (Å²) >= 11 is 1.53. The minimum Gasteiger partial charge on any atom is -0.465 e. The average molecular weight is 331 g/mol. The van der Waals surface area contributed by atoms with Crippen LogP contribution in [0.25, 0.3) is 16.6 Å². The molecule has 0 radical (unpaired) electrons. The highest BCUT2D eigenvalue weighted by Crippen LogP contribution is 2.39. The van der Waals surface area contributed by atoms with E-state index in [2.05, 4.69) is 0 Å². The third-order valence-electron chi connectivity index (χ3n) is 4.12. The Morgan fingerprint density at radius 1 is 0.957 bits per heavy atom. The molecule has 5 nitrogen and oxygen atoms in total. The van der Waals surface area contributed by atoms with Gasteiger partial charge in [-0.05, 0) is 37.3 Å². The molecular formula is C17H17NO4S. The lowest BCUT2D eigenvalue weighted by atomic mass is 10.1. The molecular weight excluding hydrogens is 314 g/mol. The Balaban J connectivity index is 2.63. The van der Waals surface area contributed by atoms with Gasteiger partial charge in [0.05, 0.1) is 30.8 Å². The quantitative estimate of drug-likeness (QED) is 0.543. The van der Waals surface area contributed by atoms with E-state index in [0.29, 0.717) is 11.0 Å². The van der Waals surface area contributed by atoms with E-state index in [9.17, 15) is 9.59 Å². The van der Waals surface area contributed by atoms with Gasteiger partial charge in [0.15, 0.2) is 0 Å². The molecule has 3 heterocycles. The summed E-state index contributed by atoms with van der Waals surface area (Å²) in [5.74, 6) is -1.07. The van der Waals surface area contributed by atoms with Gasteiger partial charge in [0, 0.05) is 4.90 Å². The van der Waals surface area contributed by atoms with Crippen LogP contribution in [0.4, 0.5) is 0 Å². The van der Waals surface area contributed by atoms with Gasteiger partial charge in [-0.2, -0.15) is 0 Å². The van der Waals surface area contributed by atoms with E-state index in [1.54, 1.807) is 0 Å². The number of methoxy groups -OCH3 is 2. The van der Waals surface area contributed by atoms with Crippen molar-refractivity contribution in [1.82, 2.24) is 4.40 Å². The van der Waals surface area contributed by atoms with E-state index in [1.807, 2.05) is 36.6 Å². The molecule has 0 fully saturated rings. The number of carbonyl (C=O) groups is 2. The smallest absolute Gasteiger partial charge is 0.341 e. The predicted molar refractivity (Wildman–Crippen MR) is 90.0 cm³/mol. The molecule has 0 aliphatic rings. The zero-order valence-corrected chi connectivity index (χ0v) is 14.5. The first-order valence-electron chi connectivity index (χ1n) is 7.07. The molecule has 0 aliphatic heterocycles. The molecule has 0 saturated heterocycles. The first-order valence-corrected chi connectivity index (χ1v) is 8.30. The van der Waals surface area contributed by atoms with Gasteiger partial charge in [-0.1, -0.05) is 6.07 Å². The van der Waals surface area contributed by atoms with Gasteiger partial charge in [-0.25, -0.2) is 9.59 Å². The molecule has 0 aromatic carbocycles. The van der Waals surface area contributed by atoms with Crippen molar-refractivity contribution in [3.8, 4) is 0 Å². The van der Waals surface area contributed by atoms with Gasteiger partial charge in [0.2, 0.25) is 0 Å². The number of aryl methyl sites for hydroxylation is 2. The summed E-state index contributed by atoms with van der Waals surface area (Å²) < 4.78 is 11.8. The van der Waals surface area contributed by atoms with Crippen molar-refractivity contribution in [2.45, 2.75) is 18.7 Å². The topological polar surface area (TPSA) is 57.0 Å². The minimum absolute atomic E-state index is 0.271. The summed E-state index contributed by atoms with van der Waals surface area (Å²) in [6.07, 6.45) is 1.94. The number of thioether (sulfide) groups is 1.